The Labute approximate surface area is 203 Å². The minimum absolute atomic E-state index is 0. The van der Waals surface area contributed by atoms with Crippen molar-refractivity contribution in [2.45, 2.75) is 63.7 Å². The van der Waals surface area contributed by atoms with E-state index in [1.165, 1.54) is 43.1 Å². The lowest BCUT2D eigenvalue weighted by molar-refractivity contribution is 0.0526. The van der Waals surface area contributed by atoms with Crippen molar-refractivity contribution in [3.05, 3.63) is 35.9 Å². The quantitative estimate of drug-likeness (QED) is 0.344. The summed E-state index contributed by atoms with van der Waals surface area (Å²) in [7, 11) is 6.38. The van der Waals surface area contributed by atoms with Gasteiger partial charge in [0.25, 0.3) is 0 Å². The van der Waals surface area contributed by atoms with Crippen LogP contribution in [0.15, 0.2) is 35.3 Å². The van der Waals surface area contributed by atoms with Crippen molar-refractivity contribution in [2.75, 3.05) is 32.6 Å². The van der Waals surface area contributed by atoms with Gasteiger partial charge in [-0.3, -0.25) is 0 Å². The molecular formula is C24H37IN6. The molecule has 4 rings (SSSR count). The summed E-state index contributed by atoms with van der Waals surface area (Å²) in [6, 6.07) is 12.4. The molecule has 2 N–H and O–H groups in total. The van der Waals surface area contributed by atoms with Crippen LogP contribution in [0.2, 0.25) is 0 Å². The summed E-state index contributed by atoms with van der Waals surface area (Å²) in [6.07, 6.45) is 6.45. The van der Waals surface area contributed by atoms with E-state index in [0.717, 1.165) is 23.8 Å². The lowest BCUT2D eigenvalue weighted by Gasteiger charge is -2.47. The molecule has 31 heavy (non-hydrogen) atoms. The van der Waals surface area contributed by atoms with Gasteiger partial charge in [0.2, 0.25) is 0 Å². The number of nitrogens with one attached hydrogen (secondary N) is 2. The van der Waals surface area contributed by atoms with Crippen LogP contribution in [0.5, 0.6) is 0 Å². The number of anilines is 1. The predicted molar refractivity (Wildman–Crippen MR) is 142 cm³/mol. The van der Waals surface area contributed by atoms with E-state index in [1.54, 1.807) is 0 Å². The molecule has 2 unspecified atom stereocenters. The van der Waals surface area contributed by atoms with E-state index in [1.807, 2.05) is 20.2 Å². The van der Waals surface area contributed by atoms with Crippen LogP contribution in [-0.4, -0.2) is 61.7 Å². The molecule has 7 heteroatoms. The van der Waals surface area contributed by atoms with Gasteiger partial charge in [0.1, 0.15) is 5.82 Å². The van der Waals surface area contributed by atoms with Crippen LogP contribution in [0.25, 0.3) is 10.9 Å². The highest BCUT2D eigenvalue weighted by molar-refractivity contribution is 14.0. The van der Waals surface area contributed by atoms with Gasteiger partial charge < -0.3 is 20.4 Å². The van der Waals surface area contributed by atoms with Crippen molar-refractivity contribution in [1.29, 1.82) is 0 Å². The number of nitrogens with zero attached hydrogens (tertiary/aromatic N) is 4. The molecule has 2 aliphatic heterocycles. The van der Waals surface area contributed by atoms with Crippen LogP contribution in [0, 0.1) is 0 Å². The monoisotopic (exact) mass is 536 g/mol. The van der Waals surface area contributed by atoms with Gasteiger partial charge in [0, 0.05) is 44.2 Å². The second-order valence-corrected chi connectivity index (χ2v) is 8.96. The standard InChI is InChI=1S/C24H36N6.HI/c1-5-25-24(27-18-14-19-9-8-10-20(15-18)30(19)4)26-16-17-13-23(29(2)3)28-22-12-7-6-11-21(17)22;/h6-7,11-13,18-20H,5,8-10,14-16H2,1-4H3,(H2,25,26,27);1H. The molecule has 6 nitrogen and oxygen atoms in total. The molecule has 2 aliphatic rings. The Morgan fingerprint density at radius 2 is 1.90 bits per heavy atom. The first-order valence-corrected chi connectivity index (χ1v) is 11.4. The number of hydrogen-bond donors (Lipinski definition) is 2. The van der Waals surface area contributed by atoms with E-state index < -0.39 is 0 Å². The maximum absolute atomic E-state index is 4.98. The van der Waals surface area contributed by atoms with Crippen molar-refractivity contribution in [1.82, 2.24) is 20.5 Å². The first-order chi connectivity index (χ1) is 14.5. The second-order valence-electron chi connectivity index (χ2n) is 8.96. The first-order valence-electron chi connectivity index (χ1n) is 11.4. The maximum atomic E-state index is 4.98. The average Bonchev–Trinajstić information content (AvgIpc) is 2.72. The molecule has 2 saturated heterocycles. The van der Waals surface area contributed by atoms with E-state index in [0.29, 0.717) is 24.7 Å². The number of halogens is 1. The van der Waals surface area contributed by atoms with Gasteiger partial charge in [0.15, 0.2) is 5.96 Å². The summed E-state index contributed by atoms with van der Waals surface area (Å²) in [6.45, 7) is 3.64. The zero-order chi connectivity index (χ0) is 21.1. The molecule has 1 aromatic heterocycles. The van der Waals surface area contributed by atoms with Crippen molar-refractivity contribution in [3.8, 4) is 0 Å². The molecule has 0 aliphatic carbocycles. The summed E-state index contributed by atoms with van der Waals surface area (Å²) in [5.74, 6) is 1.90. The molecule has 2 aromatic rings. The molecule has 2 bridgehead atoms. The minimum Gasteiger partial charge on any atom is -0.363 e. The molecule has 0 saturated carbocycles. The molecular weight excluding hydrogens is 499 g/mol. The maximum Gasteiger partial charge on any atom is 0.191 e. The lowest BCUT2D eigenvalue weighted by Crippen LogP contribution is -2.56. The van der Waals surface area contributed by atoms with Gasteiger partial charge in [-0.1, -0.05) is 24.6 Å². The molecule has 170 valence electrons. The van der Waals surface area contributed by atoms with E-state index in [-0.39, 0.29) is 24.0 Å². The van der Waals surface area contributed by atoms with Crippen molar-refractivity contribution < 1.29 is 0 Å². The van der Waals surface area contributed by atoms with Crippen LogP contribution >= 0.6 is 24.0 Å². The highest BCUT2D eigenvalue weighted by Gasteiger charge is 2.36. The molecule has 2 atom stereocenters. The molecule has 0 spiro atoms. The lowest BCUT2D eigenvalue weighted by atomic mass is 9.82. The Morgan fingerprint density at radius 3 is 2.58 bits per heavy atom. The van der Waals surface area contributed by atoms with Crippen molar-refractivity contribution >= 4 is 46.7 Å². The first kappa shape index (κ1) is 24.0. The number of hydrogen-bond acceptors (Lipinski definition) is 4. The Morgan fingerprint density at radius 1 is 1.19 bits per heavy atom. The third-order valence-electron chi connectivity index (χ3n) is 6.68. The summed E-state index contributed by atoms with van der Waals surface area (Å²) >= 11 is 0. The SMILES string of the molecule is CCNC(=NCc1cc(N(C)C)nc2ccccc12)NC1CC2CCCC(C1)N2C.I. The Hall–Kier alpha value is -1.61. The summed E-state index contributed by atoms with van der Waals surface area (Å²) in [5.41, 5.74) is 2.23. The number of benzene rings is 1. The number of fused-ring (bicyclic) bond motifs is 3. The topological polar surface area (TPSA) is 55.8 Å². The number of piperidine rings is 2. The number of guanidine groups is 1. The zero-order valence-corrected chi connectivity index (χ0v) is 21.6. The largest absolute Gasteiger partial charge is 0.363 e. The number of rotatable bonds is 5. The highest BCUT2D eigenvalue weighted by atomic mass is 127. The van der Waals surface area contributed by atoms with Gasteiger partial charge in [-0.05, 0) is 57.4 Å². The summed E-state index contributed by atoms with van der Waals surface area (Å²) in [5, 5.41) is 8.39. The van der Waals surface area contributed by atoms with Gasteiger partial charge in [-0.15, -0.1) is 24.0 Å². The van der Waals surface area contributed by atoms with Crippen LogP contribution in [-0.2, 0) is 6.54 Å². The zero-order valence-electron chi connectivity index (χ0n) is 19.3. The smallest absolute Gasteiger partial charge is 0.191 e. The molecule has 0 amide bonds. The Bertz CT molecular complexity index is 885. The third kappa shape index (κ3) is 5.61. The van der Waals surface area contributed by atoms with Crippen LogP contribution in [0.3, 0.4) is 0 Å². The second kappa shape index (κ2) is 10.8. The fourth-order valence-corrected chi connectivity index (χ4v) is 5.00. The van der Waals surface area contributed by atoms with E-state index >= 15 is 0 Å². The molecule has 0 radical (unpaired) electrons. The predicted octanol–water partition coefficient (Wildman–Crippen LogP) is 3.99. The van der Waals surface area contributed by atoms with Crippen LogP contribution in [0.4, 0.5) is 5.82 Å². The van der Waals surface area contributed by atoms with Crippen LogP contribution < -0.4 is 15.5 Å². The van der Waals surface area contributed by atoms with Crippen molar-refractivity contribution in [2.24, 2.45) is 4.99 Å². The third-order valence-corrected chi connectivity index (χ3v) is 6.68. The molecule has 1 aromatic carbocycles. The van der Waals surface area contributed by atoms with Gasteiger partial charge in [-0.2, -0.15) is 0 Å². The van der Waals surface area contributed by atoms with Gasteiger partial charge in [0.05, 0.1) is 12.1 Å². The van der Waals surface area contributed by atoms with Crippen molar-refractivity contribution in [3.63, 3.8) is 0 Å². The summed E-state index contributed by atoms with van der Waals surface area (Å²) in [4.78, 5) is 14.4. The number of para-hydroxylation sites is 1. The molecule has 2 fully saturated rings. The number of aliphatic imine (C=N–C) groups is 1. The number of aromatic nitrogens is 1. The minimum atomic E-state index is 0. The Balaban J connectivity index is 0.00000272. The van der Waals surface area contributed by atoms with Gasteiger partial charge >= 0.3 is 0 Å². The van der Waals surface area contributed by atoms with E-state index in [2.05, 4.69) is 58.7 Å². The highest BCUT2D eigenvalue weighted by Crippen LogP contribution is 2.32. The van der Waals surface area contributed by atoms with E-state index in [9.17, 15) is 0 Å². The Kier molecular flexibility index (Phi) is 8.38. The fraction of sp³-hybridized carbons (Fsp3) is 0.583. The summed E-state index contributed by atoms with van der Waals surface area (Å²) < 4.78 is 0. The van der Waals surface area contributed by atoms with Gasteiger partial charge in [-0.25, -0.2) is 9.98 Å². The average molecular weight is 537 g/mol. The number of pyridine rings is 1. The molecule has 3 heterocycles. The van der Waals surface area contributed by atoms with E-state index in [4.69, 9.17) is 9.98 Å². The van der Waals surface area contributed by atoms with Crippen LogP contribution in [0.1, 0.15) is 44.6 Å². The fourth-order valence-electron chi connectivity index (χ4n) is 5.00. The normalized spacial score (nSPS) is 23.9.